The molecule has 0 bridgehead atoms. The fraction of sp³-hybridized carbons (Fsp3) is 0.500. The molecule has 25 heavy (non-hydrogen) atoms. The Labute approximate surface area is 148 Å². The van der Waals surface area contributed by atoms with Crippen molar-refractivity contribution in [2.24, 2.45) is 11.7 Å². The van der Waals surface area contributed by atoms with Crippen LogP contribution in [0.15, 0.2) is 30.3 Å². The maximum absolute atomic E-state index is 12.2. The summed E-state index contributed by atoms with van der Waals surface area (Å²) in [5.74, 6) is -1.20. The van der Waals surface area contributed by atoms with E-state index in [-0.39, 0.29) is 31.0 Å². The minimum Gasteiger partial charge on any atom is -0.352 e. The third-order valence-electron chi connectivity index (χ3n) is 3.67. The largest absolute Gasteiger partial charge is 0.352 e. The van der Waals surface area contributed by atoms with Crippen molar-refractivity contribution in [3.05, 3.63) is 35.9 Å². The zero-order valence-corrected chi connectivity index (χ0v) is 15.0. The van der Waals surface area contributed by atoms with Gasteiger partial charge in [0.05, 0.1) is 13.1 Å². The molecule has 0 aliphatic carbocycles. The van der Waals surface area contributed by atoms with Crippen LogP contribution in [0.25, 0.3) is 0 Å². The van der Waals surface area contributed by atoms with Crippen molar-refractivity contribution >= 4 is 17.7 Å². The number of benzene rings is 1. The lowest BCUT2D eigenvalue weighted by atomic mass is 10.0. The Morgan fingerprint density at radius 3 is 2.20 bits per heavy atom. The molecule has 5 N–H and O–H groups in total. The third-order valence-corrected chi connectivity index (χ3v) is 3.67. The van der Waals surface area contributed by atoms with Gasteiger partial charge in [0, 0.05) is 6.04 Å². The van der Waals surface area contributed by atoms with Gasteiger partial charge in [0.25, 0.3) is 0 Å². The van der Waals surface area contributed by atoms with E-state index >= 15 is 0 Å². The predicted molar refractivity (Wildman–Crippen MR) is 96.6 cm³/mol. The van der Waals surface area contributed by atoms with Crippen LogP contribution in [-0.4, -0.2) is 42.9 Å². The van der Waals surface area contributed by atoms with Crippen molar-refractivity contribution in [2.45, 2.75) is 39.3 Å². The molecule has 0 aliphatic rings. The van der Waals surface area contributed by atoms with Crippen molar-refractivity contribution in [3.63, 3.8) is 0 Å². The van der Waals surface area contributed by atoms with E-state index in [0.29, 0.717) is 6.42 Å². The van der Waals surface area contributed by atoms with E-state index in [1.165, 1.54) is 0 Å². The summed E-state index contributed by atoms with van der Waals surface area (Å²) in [6, 6.07) is 9.07. The van der Waals surface area contributed by atoms with Crippen LogP contribution in [-0.2, 0) is 20.8 Å². The fourth-order valence-electron chi connectivity index (χ4n) is 2.39. The lowest BCUT2D eigenvalue weighted by Crippen LogP contribution is -2.53. The summed E-state index contributed by atoms with van der Waals surface area (Å²) >= 11 is 0. The number of carbonyl (C=O) groups excluding carboxylic acids is 3. The normalized spacial score (nSPS) is 13.0. The molecule has 0 radical (unpaired) electrons. The molecule has 1 rings (SSSR count). The van der Waals surface area contributed by atoms with E-state index in [1.54, 1.807) is 0 Å². The van der Waals surface area contributed by atoms with E-state index in [1.807, 2.05) is 51.1 Å². The van der Waals surface area contributed by atoms with Crippen LogP contribution in [0.2, 0.25) is 0 Å². The Morgan fingerprint density at radius 2 is 1.64 bits per heavy atom. The SMILES string of the molecule is CC(C)C(NC(=O)CN)C(=O)NCC(=O)N[C@H](C)Cc1ccccc1. The molecule has 0 saturated heterocycles. The molecule has 0 heterocycles. The van der Waals surface area contributed by atoms with Crippen LogP contribution >= 0.6 is 0 Å². The number of carbonyl (C=O) groups is 3. The molecule has 1 aromatic carbocycles. The molecule has 7 heteroatoms. The summed E-state index contributed by atoms with van der Waals surface area (Å²) in [7, 11) is 0. The van der Waals surface area contributed by atoms with Gasteiger partial charge in [0.1, 0.15) is 6.04 Å². The van der Waals surface area contributed by atoms with Gasteiger partial charge in [0.2, 0.25) is 17.7 Å². The number of amides is 3. The average Bonchev–Trinajstić information content (AvgIpc) is 2.57. The van der Waals surface area contributed by atoms with Crippen molar-refractivity contribution in [2.75, 3.05) is 13.1 Å². The molecule has 0 spiro atoms. The molecule has 0 saturated carbocycles. The molecule has 138 valence electrons. The molecule has 0 aromatic heterocycles. The maximum Gasteiger partial charge on any atom is 0.243 e. The summed E-state index contributed by atoms with van der Waals surface area (Å²) < 4.78 is 0. The Balaban J connectivity index is 2.43. The van der Waals surface area contributed by atoms with Crippen molar-refractivity contribution < 1.29 is 14.4 Å². The lowest BCUT2D eigenvalue weighted by Gasteiger charge is -2.21. The van der Waals surface area contributed by atoms with E-state index in [0.717, 1.165) is 5.56 Å². The van der Waals surface area contributed by atoms with E-state index in [2.05, 4.69) is 16.0 Å². The number of hydrogen-bond acceptors (Lipinski definition) is 4. The molecule has 7 nitrogen and oxygen atoms in total. The van der Waals surface area contributed by atoms with Crippen LogP contribution in [0.3, 0.4) is 0 Å². The molecule has 0 fully saturated rings. The molecule has 2 atom stereocenters. The highest BCUT2D eigenvalue weighted by molar-refractivity contribution is 5.91. The van der Waals surface area contributed by atoms with Gasteiger partial charge in [-0.1, -0.05) is 44.2 Å². The van der Waals surface area contributed by atoms with Gasteiger partial charge in [-0.2, -0.15) is 0 Å². The van der Waals surface area contributed by atoms with Crippen molar-refractivity contribution in [1.29, 1.82) is 0 Å². The van der Waals surface area contributed by atoms with Crippen LogP contribution < -0.4 is 21.7 Å². The van der Waals surface area contributed by atoms with Gasteiger partial charge in [-0.3, -0.25) is 14.4 Å². The van der Waals surface area contributed by atoms with Crippen molar-refractivity contribution in [1.82, 2.24) is 16.0 Å². The lowest BCUT2D eigenvalue weighted by molar-refractivity contribution is -0.131. The van der Waals surface area contributed by atoms with E-state index in [4.69, 9.17) is 5.73 Å². The maximum atomic E-state index is 12.2. The molecule has 1 aromatic rings. The summed E-state index contributed by atoms with van der Waals surface area (Å²) in [6.45, 7) is 5.20. The summed E-state index contributed by atoms with van der Waals surface area (Å²) in [4.78, 5) is 35.5. The highest BCUT2D eigenvalue weighted by atomic mass is 16.2. The second kappa shape index (κ2) is 10.5. The molecular weight excluding hydrogens is 320 g/mol. The zero-order valence-electron chi connectivity index (χ0n) is 15.0. The van der Waals surface area contributed by atoms with Crippen LogP contribution in [0.4, 0.5) is 0 Å². The Bertz CT molecular complexity index is 575. The summed E-state index contributed by atoms with van der Waals surface area (Å²) in [6.07, 6.45) is 0.710. The van der Waals surface area contributed by atoms with Crippen LogP contribution in [0.1, 0.15) is 26.3 Å². The Kier molecular flexibility index (Phi) is 8.63. The minimum atomic E-state index is -0.717. The van der Waals surface area contributed by atoms with E-state index in [9.17, 15) is 14.4 Å². The number of nitrogens with two attached hydrogens (primary N) is 1. The number of rotatable bonds is 9. The van der Waals surface area contributed by atoms with Gasteiger partial charge in [-0.15, -0.1) is 0 Å². The van der Waals surface area contributed by atoms with Gasteiger partial charge in [-0.25, -0.2) is 0 Å². The molecule has 1 unspecified atom stereocenters. The Hall–Kier alpha value is -2.41. The van der Waals surface area contributed by atoms with Gasteiger partial charge >= 0.3 is 0 Å². The average molecular weight is 348 g/mol. The van der Waals surface area contributed by atoms with Gasteiger partial charge < -0.3 is 21.7 Å². The summed E-state index contributed by atoms with van der Waals surface area (Å²) in [5.41, 5.74) is 6.38. The first kappa shape index (κ1) is 20.6. The molecule has 3 amide bonds. The van der Waals surface area contributed by atoms with Gasteiger partial charge in [0.15, 0.2) is 0 Å². The second-order valence-electron chi connectivity index (χ2n) is 6.37. The van der Waals surface area contributed by atoms with E-state index < -0.39 is 17.9 Å². The second-order valence-corrected chi connectivity index (χ2v) is 6.37. The number of nitrogens with one attached hydrogen (secondary N) is 3. The fourth-order valence-corrected chi connectivity index (χ4v) is 2.39. The predicted octanol–water partition coefficient (Wildman–Crippen LogP) is -0.0505. The first-order valence-corrected chi connectivity index (χ1v) is 8.44. The van der Waals surface area contributed by atoms with Crippen LogP contribution in [0.5, 0.6) is 0 Å². The monoisotopic (exact) mass is 348 g/mol. The zero-order chi connectivity index (χ0) is 18.8. The third kappa shape index (κ3) is 7.80. The van der Waals surface area contributed by atoms with Crippen LogP contribution in [0, 0.1) is 5.92 Å². The Morgan fingerprint density at radius 1 is 1.00 bits per heavy atom. The first-order valence-electron chi connectivity index (χ1n) is 8.44. The van der Waals surface area contributed by atoms with Gasteiger partial charge in [-0.05, 0) is 24.8 Å². The standard InChI is InChI=1S/C18H28N4O3/c1-12(2)17(22-15(23)10-19)18(25)20-11-16(24)21-13(3)9-14-7-5-4-6-8-14/h4-8,12-13,17H,9-11,19H2,1-3H3,(H,20,25)(H,21,24)(H,22,23)/t13-,17?/m1/s1. The minimum absolute atomic E-state index is 0.0513. The molecular formula is C18H28N4O3. The molecule has 0 aliphatic heterocycles. The van der Waals surface area contributed by atoms with Crippen molar-refractivity contribution in [3.8, 4) is 0 Å². The summed E-state index contributed by atoms with van der Waals surface area (Å²) in [5, 5.41) is 7.95. The topological polar surface area (TPSA) is 113 Å². The highest BCUT2D eigenvalue weighted by Crippen LogP contribution is 2.03. The quantitative estimate of drug-likeness (QED) is 0.501. The first-order chi connectivity index (χ1) is 11.8. The number of hydrogen-bond donors (Lipinski definition) is 4. The highest BCUT2D eigenvalue weighted by Gasteiger charge is 2.24. The smallest absolute Gasteiger partial charge is 0.243 e.